The summed E-state index contributed by atoms with van der Waals surface area (Å²) in [6.45, 7) is 5.63. The van der Waals surface area contributed by atoms with Crippen LogP contribution in [-0.2, 0) is 21.2 Å². The first-order valence-corrected chi connectivity index (χ1v) is 10.9. The van der Waals surface area contributed by atoms with Gasteiger partial charge in [0.25, 0.3) is 5.91 Å². The van der Waals surface area contributed by atoms with Crippen molar-refractivity contribution in [1.82, 2.24) is 5.32 Å². The fourth-order valence-corrected chi connectivity index (χ4v) is 3.27. The van der Waals surface area contributed by atoms with E-state index in [-0.39, 0.29) is 5.91 Å². The van der Waals surface area contributed by atoms with Crippen molar-refractivity contribution in [1.29, 1.82) is 0 Å². The Hall–Kier alpha value is -2.54. The zero-order valence-corrected chi connectivity index (χ0v) is 17.8. The first-order chi connectivity index (χ1) is 13.0. The van der Waals surface area contributed by atoms with Gasteiger partial charge in [-0.15, -0.1) is 0 Å². The predicted octanol–water partition coefficient (Wildman–Crippen LogP) is 2.99. The average Bonchev–Trinajstić information content (AvgIpc) is 2.61. The Kier molecular flexibility index (Phi) is 6.72. The second-order valence-corrected chi connectivity index (χ2v) is 9.53. The molecule has 0 saturated carbocycles. The number of nitrogens with zero attached hydrogens (tertiary/aromatic N) is 1. The van der Waals surface area contributed by atoms with Gasteiger partial charge >= 0.3 is 0 Å². The molecule has 1 amide bonds. The zero-order valence-electron chi connectivity index (χ0n) is 17.0. The van der Waals surface area contributed by atoms with Crippen LogP contribution in [0.1, 0.15) is 26.3 Å². The Morgan fingerprint density at radius 3 is 2.21 bits per heavy atom. The predicted molar refractivity (Wildman–Crippen MR) is 112 cm³/mol. The van der Waals surface area contributed by atoms with Crippen LogP contribution in [0.2, 0.25) is 0 Å². The Morgan fingerprint density at radius 2 is 1.68 bits per heavy atom. The van der Waals surface area contributed by atoms with Crippen LogP contribution < -0.4 is 14.4 Å². The number of carbonyl (C=O) groups is 1. The molecular formula is C21H28N2O4S. The zero-order chi connectivity index (χ0) is 20.9. The number of sulfonamides is 1. The Balaban J connectivity index is 1.96. The normalized spacial score (nSPS) is 12.9. The highest BCUT2D eigenvalue weighted by molar-refractivity contribution is 7.92. The van der Waals surface area contributed by atoms with Crippen LogP contribution in [0.5, 0.6) is 5.75 Å². The molecule has 0 aromatic heterocycles. The lowest BCUT2D eigenvalue weighted by molar-refractivity contribution is -0.128. The molecule has 0 aliphatic carbocycles. The van der Waals surface area contributed by atoms with Crippen LogP contribution >= 0.6 is 0 Å². The Morgan fingerprint density at radius 1 is 1.11 bits per heavy atom. The molecule has 6 nitrogen and oxygen atoms in total. The highest BCUT2D eigenvalue weighted by atomic mass is 32.2. The van der Waals surface area contributed by atoms with Crippen LogP contribution in [0.3, 0.4) is 0 Å². The molecule has 0 bridgehead atoms. The van der Waals surface area contributed by atoms with E-state index in [4.69, 9.17) is 4.74 Å². The largest absolute Gasteiger partial charge is 0.481 e. The Labute approximate surface area is 167 Å². The fourth-order valence-electron chi connectivity index (χ4n) is 2.77. The maximum Gasteiger partial charge on any atom is 0.261 e. The smallest absolute Gasteiger partial charge is 0.261 e. The van der Waals surface area contributed by atoms with Crippen molar-refractivity contribution in [2.75, 3.05) is 17.6 Å². The molecule has 28 heavy (non-hydrogen) atoms. The fraction of sp³-hybridized carbons (Fsp3) is 0.381. The van der Waals surface area contributed by atoms with E-state index in [1.165, 1.54) is 11.4 Å². The van der Waals surface area contributed by atoms with Gasteiger partial charge in [0.2, 0.25) is 10.0 Å². The molecule has 1 N–H and O–H groups in total. The molecular weight excluding hydrogens is 376 g/mol. The van der Waals surface area contributed by atoms with Gasteiger partial charge in [0, 0.05) is 12.6 Å². The first-order valence-electron chi connectivity index (χ1n) is 9.04. The van der Waals surface area contributed by atoms with E-state index in [1.54, 1.807) is 31.2 Å². The number of carbonyl (C=O) groups excluding carboxylic acids is 1. The number of ether oxygens (including phenoxy) is 1. The summed E-state index contributed by atoms with van der Waals surface area (Å²) in [7, 11) is -1.84. The third-order valence-electron chi connectivity index (χ3n) is 4.33. The van der Waals surface area contributed by atoms with E-state index >= 15 is 0 Å². The van der Waals surface area contributed by atoms with Crippen LogP contribution in [0.4, 0.5) is 5.69 Å². The summed E-state index contributed by atoms with van der Waals surface area (Å²) in [4.78, 5) is 12.5. The molecule has 2 aromatic carbocycles. The maximum absolute atomic E-state index is 12.5. The molecule has 2 rings (SSSR count). The van der Waals surface area contributed by atoms with Gasteiger partial charge in [0.15, 0.2) is 6.10 Å². The number of benzene rings is 2. The van der Waals surface area contributed by atoms with Crippen molar-refractivity contribution in [2.45, 2.75) is 38.8 Å². The van der Waals surface area contributed by atoms with E-state index in [0.29, 0.717) is 17.9 Å². The molecule has 2 aromatic rings. The lowest BCUT2D eigenvalue weighted by Gasteiger charge is -2.28. The van der Waals surface area contributed by atoms with Crippen molar-refractivity contribution in [3.8, 4) is 5.75 Å². The quantitative estimate of drug-likeness (QED) is 0.734. The van der Waals surface area contributed by atoms with Gasteiger partial charge in [-0.05, 0) is 57.0 Å². The van der Waals surface area contributed by atoms with E-state index in [9.17, 15) is 13.2 Å². The van der Waals surface area contributed by atoms with Crippen LogP contribution in [0.25, 0.3) is 0 Å². The number of hydrogen-bond donors (Lipinski definition) is 1. The highest BCUT2D eigenvalue weighted by Crippen LogP contribution is 2.21. The third-order valence-corrected chi connectivity index (χ3v) is 5.54. The summed E-state index contributed by atoms with van der Waals surface area (Å²) in [5.41, 5.74) is 1.25. The topological polar surface area (TPSA) is 75.7 Å². The monoisotopic (exact) mass is 404 g/mol. The van der Waals surface area contributed by atoms with Gasteiger partial charge in [-0.25, -0.2) is 8.42 Å². The van der Waals surface area contributed by atoms with Gasteiger partial charge in [0.05, 0.1) is 11.9 Å². The number of anilines is 1. The molecule has 0 radical (unpaired) electrons. The second kappa shape index (κ2) is 8.65. The van der Waals surface area contributed by atoms with Crippen molar-refractivity contribution in [3.63, 3.8) is 0 Å². The summed E-state index contributed by atoms with van der Waals surface area (Å²) in [5, 5.41) is 3.02. The second-order valence-electron chi connectivity index (χ2n) is 7.52. The van der Waals surface area contributed by atoms with E-state index in [1.807, 2.05) is 44.2 Å². The van der Waals surface area contributed by atoms with Gasteiger partial charge < -0.3 is 10.1 Å². The summed E-state index contributed by atoms with van der Waals surface area (Å²) in [6.07, 6.45) is 1.16. The van der Waals surface area contributed by atoms with Gasteiger partial charge in [-0.1, -0.05) is 30.3 Å². The average molecular weight is 405 g/mol. The molecule has 1 atom stereocenters. The lowest BCUT2D eigenvalue weighted by atomic mass is 9.94. The SMILES string of the molecule is C[C@@H](Oc1ccc(N(C)S(C)(=O)=O)cc1)C(=O)NC(C)(C)Cc1ccccc1. The molecule has 0 saturated heterocycles. The summed E-state index contributed by atoms with van der Waals surface area (Å²) >= 11 is 0. The minimum absolute atomic E-state index is 0.210. The van der Waals surface area contributed by atoms with Crippen molar-refractivity contribution in [2.24, 2.45) is 0 Å². The van der Waals surface area contributed by atoms with Gasteiger partial charge in [-0.2, -0.15) is 0 Å². The molecule has 152 valence electrons. The first kappa shape index (κ1) is 21.8. The number of nitrogens with one attached hydrogen (secondary N) is 1. The van der Waals surface area contributed by atoms with E-state index in [2.05, 4.69) is 5.32 Å². The Bertz CT molecular complexity index is 894. The molecule has 0 unspecified atom stereocenters. The molecule has 0 spiro atoms. The number of amides is 1. The molecule has 0 heterocycles. The van der Waals surface area contributed by atoms with Crippen molar-refractivity contribution in [3.05, 3.63) is 60.2 Å². The number of hydrogen-bond acceptors (Lipinski definition) is 4. The lowest BCUT2D eigenvalue weighted by Crippen LogP contribution is -2.49. The van der Waals surface area contributed by atoms with Gasteiger partial charge in [-0.3, -0.25) is 9.10 Å². The van der Waals surface area contributed by atoms with Gasteiger partial charge in [0.1, 0.15) is 5.75 Å². The van der Waals surface area contributed by atoms with E-state index in [0.717, 1.165) is 11.8 Å². The van der Waals surface area contributed by atoms with Crippen LogP contribution in [0.15, 0.2) is 54.6 Å². The minimum Gasteiger partial charge on any atom is -0.481 e. The van der Waals surface area contributed by atoms with E-state index < -0.39 is 21.7 Å². The van der Waals surface area contributed by atoms with Crippen LogP contribution in [-0.4, -0.2) is 39.3 Å². The summed E-state index contributed by atoms with van der Waals surface area (Å²) in [6, 6.07) is 16.6. The molecule has 0 aliphatic rings. The maximum atomic E-state index is 12.5. The standard InChI is InChI=1S/C21H28N2O4S/c1-16(20(24)22-21(2,3)15-17-9-7-6-8-10-17)27-19-13-11-18(12-14-19)23(4)28(5,25)26/h6-14,16H,15H2,1-5H3,(H,22,24)/t16-/m1/s1. The molecule has 0 aliphatic heterocycles. The minimum atomic E-state index is -3.32. The number of rotatable bonds is 8. The summed E-state index contributed by atoms with van der Waals surface area (Å²) < 4.78 is 30.1. The third kappa shape index (κ3) is 6.27. The molecule has 7 heteroatoms. The highest BCUT2D eigenvalue weighted by Gasteiger charge is 2.25. The van der Waals surface area contributed by atoms with Crippen molar-refractivity contribution >= 4 is 21.6 Å². The summed E-state index contributed by atoms with van der Waals surface area (Å²) in [5.74, 6) is 0.285. The molecule has 0 fully saturated rings. The van der Waals surface area contributed by atoms with Crippen LogP contribution in [0, 0.1) is 0 Å². The van der Waals surface area contributed by atoms with Crippen molar-refractivity contribution < 1.29 is 17.9 Å².